The number of nitrogens with one attached hydrogen (secondary N) is 4. The number of hydrogen-bond donors (Lipinski definition) is 4. The number of amides is 2. The molecule has 0 unspecified atom stereocenters. The van der Waals surface area contributed by atoms with Gasteiger partial charge in [-0.1, -0.05) is 76.2 Å². The number of thioether (sulfide) groups is 2. The lowest BCUT2D eigenvalue weighted by atomic mass is 9.95. The van der Waals surface area contributed by atoms with Crippen LogP contribution in [0.2, 0.25) is 0 Å². The van der Waals surface area contributed by atoms with Gasteiger partial charge < -0.3 is 20.6 Å². The summed E-state index contributed by atoms with van der Waals surface area (Å²) in [5.41, 5.74) is 25.2. The third-order valence-electron chi connectivity index (χ3n) is 13.8. The van der Waals surface area contributed by atoms with Crippen molar-refractivity contribution in [2.24, 2.45) is 0 Å². The Labute approximate surface area is 409 Å². The van der Waals surface area contributed by atoms with Gasteiger partial charge in [0.15, 0.2) is 0 Å². The summed E-state index contributed by atoms with van der Waals surface area (Å²) in [6, 6.07) is 29.7. The Kier molecular flexibility index (Phi) is 14.0. The molecule has 4 aliphatic rings. The second-order valence-corrected chi connectivity index (χ2v) is 20.3. The molecule has 0 spiro atoms. The van der Waals surface area contributed by atoms with Crippen molar-refractivity contribution < 1.29 is 9.59 Å². The smallest absolute Gasteiger partial charge is 0.225 e. The lowest BCUT2D eigenvalue weighted by Crippen LogP contribution is -2.12. The molecule has 6 aromatic rings. The van der Waals surface area contributed by atoms with Gasteiger partial charge in [-0.05, 0) is 157 Å². The molecule has 0 saturated heterocycles. The molecule has 3 aromatic carbocycles. The van der Waals surface area contributed by atoms with Crippen LogP contribution >= 0.6 is 23.5 Å². The fraction of sp³-hybridized carbons (Fsp3) is 0.310. The molecule has 10 heteroatoms. The van der Waals surface area contributed by atoms with Gasteiger partial charge in [0.1, 0.15) is 0 Å². The van der Waals surface area contributed by atoms with Gasteiger partial charge in [0.25, 0.3) is 0 Å². The number of carbonyl (C=O) groups excluding carboxylic acids is 2. The fourth-order valence-electron chi connectivity index (χ4n) is 10.3. The zero-order valence-corrected chi connectivity index (χ0v) is 42.3. The van der Waals surface area contributed by atoms with Crippen LogP contribution in [0, 0.1) is 13.8 Å². The number of rotatable bonds is 4. The minimum absolute atomic E-state index is 0.0102. The second-order valence-electron chi connectivity index (χ2n) is 18.1. The second kappa shape index (κ2) is 20.2. The van der Waals surface area contributed by atoms with E-state index >= 15 is 0 Å². The summed E-state index contributed by atoms with van der Waals surface area (Å²) in [5, 5.41) is 6.48. The number of benzene rings is 3. The molecule has 3 aromatic heterocycles. The zero-order valence-electron chi connectivity index (χ0n) is 40.7. The van der Waals surface area contributed by atoms with Crippen LogP contribution in [0.5, 0.6) is 0 Å². The SMILES string of the molecule is CCC1=C(C)c2nc1cc1[nH]c(c(C)c1CC)c1c3nc(cc4[nH]c(c(C)c4CC)c2-c2cccc(c2)NC(=O)CCSCc2cccc(c2)CSCCC(=O)Nc2cccc-1c2)C(CC)=C3C. The summed E-state index contributed by atoms with van der Waals surface area (Å²) >= 11 is 3.54. The van der Waals surface area contributed by atoms with Crippen molar-refractivity contribution in [3.63, 3.8) is 0 Å². The molecule has 68 heavy (non-hydrogen) atoms. The Morgan fingerprint density at radius 2 is 0.956 bits per heavy atom. The van der Waals surface area contributed by atoms with Crippen LogP contribution in [0.4, 0.5) is 11.4 Å². The predicted molar refractivity (Wildman–Crippen MR) is 291 cm³/mol. The van der Waals surface area contributed by atoms with E-state index in [-0.39, 0.29) is 11.8 Å². The number of aromatic amines is 2. The molecule has 348 valence electrons. The molecule has 7 heterocycles. The molecule has 4 aliphatic heterocycles. The maximum absolute atomic E-state index is 13.6. The van der Waals surface area contributed by atoms with Crippen LogP contribution in [0.3, 0.4) is 0 Å². The minimum Gasteiger partial charge on any atom is -0.354 e. The zero-order chi connectivity index (χ0) is 47.6. The Morgan fingerprint density at radius 1 is 0.529 bits per heavy atom. The number of H-pyrrole nitrogens is 2. The van der Waals surface area contributed by atoms with E-state index < -0.39 is 0 Å². The number of anilines is 2. The van der Waals surface area contributed by atoms with E-state index in [1.54, 1.807) is 23.5 Å². The van der Waals surface area contributed by atoms with E-state index in [9.17, 15) is 9.59 Å². The summed E-state index contributed by atoms with van der Waals surface area (Å²) in [7, 11) is 0. The average Bonchev–Trinajstić information content (AvgIpc) is 4.02. The normalized spacial score (nSPS) is 15.0. The van der Waals surface area contributed by atoms with Crippen molar-refractivity contribution in [2.75, 3.05) is 22.1 Å². The lowest BCUT2D eigenvalue weighted by Gasteiger charge is -2.11. The molecule has 0 atom stereocenters. The fourth-order valence-corrected chi connectivity index (χ4v) is 12.1. The molecular weight excluding hydrogens is 877 g/mol. The molecule has 0 saturated carbocycles. The first kappa shape index (κ1) is 47.0. The predicted octanol–water partition coefficient (Wildman–Crippen LogP) is 14.9. The highest BCUT2D eigenvalue weighted by Gasteiger charge is 2.26. The summed E-state index contributed by atoms with van der Waals surface area (Å²) in [5.74, 6) is 3.04. The number of fused-ring (bicyclic) bond motifs is 10. The molecule has 0 radical (unpaired) electrons. The van der Waals surface area contributed by atoms with Gasteiger partial charge in [-0.15, -0.1) is 0 Å². The minimum atomic E-state index is -0.0102. The van der Waals surface area contributed by atoms with E-state index in [1.165, 1.54) is 44.5 Å². The molecule has 16 bridgehead atoms. The van der Waals surface area contributed by atoms with Crippen LogP contribution in [0.15, 0.2) is 84.9 Å². The first-order chi connectivity index (χ1) is 33.0. The first-order valence-corrected chi connectivity index (χ1v) is 26.5. The molecule has 2 amide bonds. The highest BCUT2D eigenvalue weighted by molar-refractivity contribution is 7.98. The molecule has 0 fully saturated rings. The number of nitrogens with zero attached hydrogens (tertiary/aromatic N) is 2. The highest BCUT2D eigenvalue weighted by atomic mass is 32.2. The van der Waals surface area contributed by atoms with Crippen LogP contribution in [0.1, 0.15) is 123 Å². The van der Waals surface area contributed by atoms with Crippen molar-refractivity contribution in [1.82, 2.24) is 19.9 Å². The Balaban J connectivity index is 1.35. The van der Waals surface area contributed by atoms with Gasteiger partial charge in [0.05, 0.1) is 33.8 Å². The summed E-state index contributed by atoms with van der Waals surface area (Å²) in [6.45, 7) is 17.7. The Hall–Kier alpha value is -6.10. The number of aryl methyl sites for hydroxylation is 4. The molecule has 0 aliphatic carbocycles. The summed E-state index contributed by atoms with van der Waals surface area (Å²) in [6.07, 6.45) is 4.06. The quantitative estimate of drug-likeness (QED) is 0.140. The summed E-state index contributed by atoms with van der Waals surface area (Å²) < 4.78 is 0. The van der Waals surface area contributed by atoms with Crippen LogP contribution in [-0.2, 0) is 33.9 Å². The maximum Gasteiger partial charge on any atom is 0.225 e. The molecule has 8 nitrogen and oxygen atoms in total. The van der Waals surface area contributed by atoms with Crippen molar-refractivity contribution in [2.45, 2.75) is 105 Å². The van der Waals surface area contributed by atoms with E-state index in [4.69, 9.17) is 9.97 Å². The summed E-state index contributed by atoms with van der Waals surface area (Å²) in [4.78, 5) is 46.3. The van der Waals surface area contributed by atoms with E-state index in [2.05, 4.69) is 137 Å². The monoisotopic (exact) mass is 938 g/mol. The van der Waals surface area contributed by atoms with Gasteiger partial charge in [-0.3, -0.25) is 9.59 Å². The standard InChI is InChI=1S/C58H62N6O2S2/c1-9-43-33(5)55-53-39-18-14-20-41(27-39)59-51(65)22-24-67-31-37-16-13-17-38(26-37)32-68-25-23-52(66)60-42-21-15-19-40(28-42)54(57-34(6)44(10-2)48(62-57)29-47(43)61-55)58-36(8)46(12-4)50(64-58)30-49-45(11-3)35(7)56(53)63-49/h13-21,26-30,61,64H,9-12,22-25,31-32H2,1-8H3,(H,59,65)(H,60,66). The average molecular weight is 939 g/mol. The van der Waals surface area contributed by atoms with Crippen molar-refractivity contribution in [1.29, 1.82) is 0 Å². The largest absolute Gasteiger partial charge is 0.354 e. The van der Waals surface area contributed by atoms with Gasteiger partial charge in [0, 0.05) is 69.4 Å². The van der Waals surface area contributed by atoms with E-state index in [0.29, 0.717) is 24.3 Å². The van der Waals surface area contributed by atoms with Gasteiger partial charge >= 0.3 is 0 Å². The van der Waals surface area contributed by atoms with Crippen LogP contribution in [-0.4, -0.2) is 43.3 Å². The Morgan fingerprint density at radius 3 is 1.37 bits per heavy atom. The maximum atomic E-state index is 13.6. The lowest BCUT2D eigenvalue weighted by molar-refractivity contribution is -0.116. The van der Waals surface area contributed by atoms with Crippen LogP contribution < -0.4 is 10.6 Å². The third kappa shape index (κ3) is 9.25. The molecule has 4 N–H and O–H groups in total. The number of carbonyl (C=O) groups is 2. The van der Waals surface area contributed by atoms with Crippen molar-refractivity contribution >= 4 is 91.1 Å². The number of hydrogen-bond acceptors (Lipinski definition) is 6. The van der Waals surface area contributed by atoms with Crippen LogP contribution in [0.25, 0.3) is 66.6 Å². The number of allylic oxidation sites excluding steroid dienone is 4. The van der Waals surface area contributed by atoms with E-state index in [1.807, 2.05) is 24.3 Å². The molecule has 10 rings (SSSR count). The topological polar surface area (TPSA) is 116 Å². The Bertz CT molecular complexity index is 3020. The third-order valence-corrected chi connectivity index (χ3v) is 15.9. The van der Waals surface area contributed by atoms with Gasteiger partial charge in [-0.2, -0.15) is 23.5 Å². The van der Waals surface area contributed by atoms with Gasteiger partial charge in [0.2, 0.25) is 11.8 Å². The highest BCUT2D eigenvalue weighted by Crippen LogP contribution is 2.44. The number of aromatic nitrogens is 4. The van der Waals surface area contributed by atoms with Crippen molar-refractivity contribution in [3.8, 4) is 22.3 Å². The first-order valence-electron chi connectivity index (χ1n) is 24.2. The van der Waals surface area contributed by atoms with Crippen molar-refractivity contribution in [3.05, 3.63) is 141 Å². The van der Waals surface area contributed by atoms with Gasteiger partial charge in [-0.25, -0.2) is 9.97 Å². The van der Waals surface area contributed by atoms with E-state index in [0.717, 1.165) is 127 Å². The molecular formula is C58H62N6O2S2.